The Hall–Kier alpha value is 0.394. The van der Waals surface area contributed by atoms with Crippen molar-refractivity contribution in [2.75, 3.05) is 60.4 Å². The van der Waals surface area contributed by atoms with E-state index in [1.54, 1.807) is 0 Å². The Labute approximate surface area is 145 Å². The minimum absolute atomic E-state index is 0. The van der Waals surface area contributed by atoms with Crippen molar-refractivity contribution in [2.24, 2.45) is 3.42 Å². The van der Waals surface area contributed by atoms with Crippen LogP contribution in [-0.4, -0.2) is 81.2 Å². The van der Waals surface area contributed by atoms with Crippen molar-refractivity contribution < 1.29 is 20.3 Å². The van der Waals surface area contributed by atoms with Crippen LogP contribution in [0.4, 0.5) is 0 Å². The van der Waals surface area contributed by atoms with Gasteiger partial charge in [-0.3, -0.25) is 0 Å². The molecule has 0 bridgehead atoms. The van der Waals surface area contributed by atoms with Crippen LogP contribution in [0.5, 0.6) is 0 Å². The zero-order chi connectivity index (χ0) is 14.1. The van der Waals surface area contributed by atoms with E-state index in [2.05, 4.69) is 39.3 Å². The average Bonchev–Trinajstić information content (AvgIpc) is 2.94. The summed E-state index contributed by atoms with van der Waals surface area (Å²) in [5.41, 5.74) is 0. The van der Waals surface area contributed by atoms with E-state index in [1.807, 2.05) is 20.3 Å². The fraction of sp³-hybridized carbons (Fsp3) is 0.875. The predicted molar refractivity (Wildman–Crippen MR) is 90.0 cm³/mol. The summed E-state index contributed by atoms with van der Waals surface area (Å²) in [5.74, 6) is 0. The Morgan fingerprint density at radius 3 is 1.19 bits per heavy atom. The van der Waals surface area contributed by atoms with E-state index in [0.29, 0.717) is 0 Å². The standard InChI is InChI=1S/C9H21N3.C5H9N.2CH3.Ti/c1-10-4-6-11(2)8-9-12(3)7-5-10;6-5-3-1-2-4-5;;;/h4-9H2,1-3H3;5H,1-4H2;2*1H3;/q;;2*-1;+2. The monoisotopic (exact) mass is 332 g/mol. The van der Waals surface area contributed by atoms with Gasteiger partial charge in [-0.1, -0.05) is 0 Å². The molecule has 1 aliphatic heterocycles. The minimum atomic E-state index is 0. The fourth-order valence-electron chi connectivity index (χ4n) is 2.39. The number of likely N-dealkylation sites (N-methyl/N-ethyl adjacent to an activating group) is 3. The number of hydrogen-bond donors (Lipinski definition) is 0. The van der Waals surface area contributed by atoms with Gasteiger partial charge in [0.15, 0.2) is 0 Å². The maximum atomic E-state index is 4.19. The summed E-state index contributed by atoms with van der Waals surface area (Å²) in [7, 11) is 6.60. The van der Waals surface area contributed by atoms with Crippen molar-refractivity contribution in [1.29, 1.82) is 0 Å². The van der Waals surface area contributed by atoms with Gasteiger partial charge < -0.3 is 29.6 Å². The van der Waals surface area contributed by atoms with Crippen molar-refractivity contribution in [2.45, 2.75) is 31.7 Å². The molecule has 0 atom stereocenters. The van der Waals surface area contributed by atoms with Crippen molar-refractivity contribution in [3.63, 3.8) is 0 Å². The van der Waals surface area contributed by atoms with Gasteiger partial charge in [0.2, 0.25) is 0 Å². The SMILES string of the molecule is CN1CCN(C)CCN(C)CC1.[CH3-].[CH3-].[Ti+2]=[N]C1CCCC1. The second-order valence-corrected chi connectivity index (χ2v) is 6.38. The van der Waals surface area contributed by atoms with Crippen LogP contribution < -0.4 is 0 Å². The molecule has 2 fully saturated rings. The van der Waals surface area contributed by atoms with Gasteiger partial charge in [0.05, 0.1) is 0 Å². The van der Waals surface area contributed by atoms with E-state index >= 15 is 0 Å². The Bertz CT molecular complexity index is 209. The van der Waals surface area contributed by atoms with Crippen LogP contribution in [0.2, 0.25) is 0 Å². The predicted octanol–water partition coefficient (Wildman–Crippen LogP) is 2.36. The Morgan fingerprint density at radius 1 is 0.714 bits per heavy atom. The van der Waals surface area contributed by atoms with E-state index in [0.717, 1.165) is 6.04 Å². The molecule has 0 aromatic carbocycles. The van der Waals surface area contributed by atoms with E-state index in [-0.39, 0.29) is 14.9 Å². The molecule has 0 radical (unpaired) electrons. The number of hydrogen-bond acceptors (Lipinski definition) is 4. The van der Waals surface area contributed by atoms with Gasteiger partial charge in [-0.2, -0.15) is 0 Å². The summed E-state index contributed by atoms with van der Waals surface area (Å²) >= 11 is 1.93. The van der Waals surface area contributed by atoms with Gasteiger partial charge in [-0.25, -0.2) is 0 Å². The van der Waals surface area contributed by atoms with Crippen LogP contribution in [0.15, 0.2) is 3.42 Å². The normalized spacial score (nSPS) is 22.7. The van der Waals surface area contributed by atoms with Crippen LogP contribution in [-0.2, 0) is 20.3 Å². The molecule has 0 aromatic heterocycles. The molecule has 0 N–H and O–H groups in total. The van der Waals surface area contributed by atoms with Crippen molar-refractivity contribution >= 4 is 0 Å². The first-order valence-electron chi connectivity index (χ1n) is 7.54. The quantitative estimate of drug-likeness (QED) is 0.544. The van der Waals surface area contributed by atoms with Crippen LogP contribution in [0.1, 0.15) is 25.7 Å². The topological polar surface area (TPSA) is 22.1 Å². The molecule has 1 saturated carbocycles. The van der Waals surface area contributed by atoms with E-state index in [1.165, 1.54) is 65.0 Å². The van der Waals surface area contributed by atoms with Crippen molar-refractivity contribution in [3.8, 4) is 0 Å². The molecule has 0 spiro atoms. The number of rotatable bonds is 1. The molecular formula is C16H36N4Ti. The average molecular weight is 332 g/mol. The molecule has 2 rings (SSSR count). The molecule has 5 heteroatoms. The van der Waals surface area contributed by atoms with Gasteiger partial charge in [-0.05, 0) is 21.1 Å². The summed E-state index contributed by atoms with van der Waals surface area (Å²) in [4.78, 5) is 7.20. The van der Waals surface area contributed by atoms with Crippen LogP contribution in [0, 0.1) is 14.9 Å². The summed E-state index contributed by atoms with van der Waals surface area (Å²) in [6.07, 6.45) is 5.50. The molecule has 1 saturated heterocycles. The summed E-state index contributed by atoms with van der Waals surface area (Å²) in [6.45, 7) is 7.19. The third-order valence-corrected chi connectivity index (χ3v) is 4.67. The Balaban J connectivity index is 0. The zero-order valence-electron chi connectivity index (χ0n) is 14.9. The second kappa shape index (κ2) is 14.0. The van der Waals surface area contributed by atoms with E-state index in [9.17, 15) is 0 Å². The molecule has 4 nitrogen and oxygen atoms in total. The van der Waals surface area contributed by atoms with Gasteiger partial charge >= 0.3 is 55.4 Å². The zero-order valence-corrected chi connectivity index (χ0v) is 16.5. The third kappa shape index (κ3) is 11.6. The molecule has 0 unspecified atom stereocenters. The molecule has 21 heavy (non-hydrogen) atoms. The Kier molecular flexibility index (Phi) is 15.8. The third-order valence-electron chi connectivity index (χ3n) is 4.10. The van der Waals surface area contributed by atoms with Crippen LogP contribution in [0.3, 0.4) is 0 Å². The molecule has 124 valence electrons. The molecule has 1 heterocycles. The summed E-state index contributed by atoms with van der Waals surface area (Å²) in [6, 6.07) is 0.722. The summed E-state index contributed by atoms with van der Waals surface area (Å²) < 4.78 is 4.19. The van der Waals surface area contributed by atoms with Crippen LogP contribution in [0.25, 0.3) is 0 Å². The maximum absolute atomic E-state index is 4.19. The van der Waals surface area contributed by atoms with Gasteiger partial charge in [0.1, 0.15) is 0 Å². The first kappa shape index (κ1) is 23.7. The first-order valence-corrected chi connectivity index (χ1v) is 8.24. The van der Waals surface area contributed by atoms with Gasteiger partial charge in [-0.15, -0.1) is 0 Å². The molecule has 1 aliphatic carbocycles. The molecule has 0 aromatic rings. The van der Waals surface area contributed by atoms with E-state index < -0.39 is 0 Å². The summed E-state index contributed by atoms with van der Waals surface area (Å²) in [5, 5.41) is 0. The number of nitrogens with zero attached hydrogens (tertiary/aromatic N) is 4. The Morgan fingerprint density at radius 2 is 1.00 bits per heavy atom. The van der Waals surface area contributed by atoms with Crippen molar-refractivity contribution in [3.05, 3.63) is 14.9 Å². The van der Waals surface area contributed by atoms with Crippen LogP contribution >= 0.6 is 0 Å². The van der Waals surface area contributed by atoms with Gasteiger partial charge in [0.25, 0.3) is 0 Å². The second-order valence-electron chi connectivity index (χ2n) is 5.98. The molecule has 2 aliphatic rings. The molecule has 0 amide bonds. The van der Waals surface area contributed by atoms with Crippen molar-refractivity contribution in [1.82, 2.24) is 14.7 Å². The van der Waals surface area contributed by atoms with E-state index in [4.69, 9.17) is 0 Å². The van der Waals surface area contributed by atoms with Gasteiger partial charge in [0, 0.05) is 39.3 Å². The first-order chi connectivity index (χ1) is 9.11. The fourth-order valence-corrected chi connectivity index (χ4v) is 2.80. The molecular weight excluding hydrogens is 296 g/mol.